The van der Waals surface area contributed by atoms with Crippen molar-refractivity contribution >= 4 is 35.5 Å². The van der Waals surface area contributed by atoms with E-state index in [-0.39, 0.29) is 5.56 Å². The van der Waals surface area contributed by atoms with Gasteiger partial charge in [0.15, 0.2) is 0 Å². The van der Waals surface area contributed by atoms with Gasteiger partial charge in [0.2, 0.25) is 10.9 Å². The highest BCUT2D eigenvalue weighted by Gasteiger charge is 2.30. The highest BCUT2D eigenvalue weighted by Crippen LogP contribution is 2.27. The van der Waals surface area contributed by atoms with Crippen molar-refractivity contribution in [3.8, 4) is 0 Å². The van der Waals surface area contributed by atoms with Crippen molar-refractivity contribution in [2.45, 2.75) is 38.8 Å². The molecule has 0 aliphatic carbocycles. The predicted octanol–water partition coefficient (Wildman–Crippen LogP) is 2.41. The number of thiol groups is 1. The Morgan fingerprint density at radius 3 is 2.37 bits per heavy atom. The molecule has 148 valence electrons. The van der Waals surface area contributed by atoms with Gasteiger partial charge in [-0.3, -0.25) is 14.9 Å². The van der Waals surface area contributed by atoms with E-state index in [0.717, 1.165) is 19.2 Å². The summed E-state index contributed by atoms with van der Waals surface area (Å²) in [6.45, 7) is 4.82. The molecule has 11 heteroatoms. The van der Waals surface area contributed by atoms with Gasteiger partial charge in [0.1, 0.15) is 17.2 Å². The van der Waals surface area contributed by atoms with Crippen molar-refractivity contribution in [2.24, 2.45) is 0 Å². The van der Waals surface area contributed by atoms with Crippen LogP contribution in [0.2, 0.25) is 0 Å². The molecule has 1 aromatic rings. The summed E-state index contributed by atoms with van der Waals surface area (Å²) in [7, 11) is 1.00. The minimum absolute atomic E-state index is 0.214. The zero-order chi connectivity index (χ0) is 20.9. The number of nitro groups is 1. The van der Waals surface area contributed by atoms with Crippen LogP contribution < -0.4 is 5.32 Å². The number of esters is 1. The van der Waals surface area contributed by atoms with Gasteiger partial charge in [-0.1, -0.05) is 6.07 Å². The summed E-state index contributed by atoms with van der Waals surface area (Å²) < 4.78 is 23.8. The molecule has 0 radical (unpaired) electrons. The largest absolute Gasteiger partial charge is 0.465 e. The molecule has 0 aromatic heterocycles. The lowest BCUT2D eigenvalue weighted by molar-refractivity contribution is -0.388. The highest BCUT2D eigenvalue weighted by molar-refractivity contribution is 7.96. The first kappa shape index (κ1) is 22.4. The fraction of sp³-hybridized carbons (Fsp3) is 0.438. The molecule has 1 N–H and O–H groups in total. The van der Waals surface area contributed by atoms with Gasteiger partial charge in [0.25, 0.3) is 0 Å². The number of nitro benzene ring substituents is 1. The molecule has 1 rings (SSSR count). The summed E-state index contributed by atoms with van der Waals surface area (Å²) in [5, 5.41) is 12.7. The van der Waals surface area contributed by atoms with E-state index in [2.05, 4.69) is 22.7 Å². The van der Waals surface area contributed by atoms with Gasteiger partial charge in [-0.05, 0) is 26.8 Å². The molecule has 0 saturated carbocycles. The molecule has 1 aromatic carbocycles. The maximum Gasteiger partial charge on any atom is 0.408 e. The maximum atomic E-state index is 14.4. The number of carbonyl (C=O) groups excluding carboxylic acids is 3. The van der Waals surface area contributed by atoms with Crippen molar-refractivity contribution < 1.29 is 33.2 Å². The predicted molar refractivity (Wildman–Crippen MR) is 95.2 cm³/mol. The van der Waals surface area contributed by atoms with Crippen LogP contribution in [0.5, 0.6) is 0 Å². The fourth-order valence-electron chi connectivity index (χ4n) is 2.10. The molecular formula is C16H19FN2O7S. The second-order valence-corrected chi connectivity index (χ2v) is 6.87. The van der Waals surface area contributed by atoms with Crippen molar-refractivity contribution in [3.63, 3.8) is 0 Å². The molecule has 0 heterocycles. The van der Waals surface area contributed by atoms with Crippen LogP contribution >= 0.6 is 12.6 Å². The van der Waals surface area contributed by atoms with Crippen LogP contribution in [0.3, 0.4) is 0 Å². The van der Waals surface area contributed by atoms with Gasteiger partial charge < -0.3 is 14.8 Å². The number of rotatable bonds is 6. The second kappa shape index (κ2) is 8.80. The number of amides is 1. The zero-order valence-corrected chi connectivity index (χ0v) is 16.0. The van der Waals surface area contributed by atoms with E-state index >= 15 is 0 Å². The standard InChI is InChI=1S/C16H19FN2O7S/c1-16(2,3)26-15(22)18-10(14(21)27)7-8-5-6-9(13(20)25-4)11(17)12(8)19(23)24/h5-6,10H,7H2,1-4H3,(H,18,22)(H,21,27)/t10-/m1/s1. The minimum Gasteiger partial charge on any atom is -0.465 e. The second-order valence-electron chi connectivity index (χ2n) is 6.42. The monoisotopic (exact) mass is 402 g/mol. The van der Waals surface area contributed by atoms with Crippen molar-refractivity contribution in [1.82, 2.24) is 5.32 Å². The summed E-state index contributed by atoms with van der Waals surface area (Å²) in [4.78, 5) is 45.3. The first-order chi connectivity index (χ1) is 12.4. The Hall–Kier alpha value is -2.69. The number of alkyl carbamates (subject to hydrolysis) is 1. The van der Waals surface area contributed by atoms with Crippen LogP contribution in [-0.2, 0) is 20.7 Å². The number of hydrogen-bond acceptors (Lipinski definition) is 7. The highest BCUT2D eigenvalue weighted by atomic mass is 32.1. The molecule has 0 fully saturated rings. The smallest absolute Gasteiger partial charge is 0.408 e. The Balaban J connectivity index is 3.21. The summed E-state index contributed by atoms with van der Waals surface area (Å²) in [5.74, 6) is -2.48. The summed E-state index contributed by atoms with van der Waals surface area (Å²) >= 11 is 3.64. The minimum atomic E-state index is -1.40. The van der Waals surface area contributed by atoms with Crippen LogP contribution in [0.1, 0.15) is 36.7 Å². The molecule has 0 saturated heterocycles. The summed E-state index contributed by atoms with van der Waals surface area (Å²) in [6, 6.07) is 0.788. The van der Waals surface area contributed by atoms with Gasteiger partial charge in [0.05, 0.1) is 12.0 Å². The molecule has 27 heavy (non-hydrogen) atoms. The number of carbonyl (C=O) groups is 3. The third kappa shape index (κ3) is 6.20. The number of halogens is 1. The lowest BCUT2D eigenvalue weighted by atomic mass is 10.0. The molecule has 0 aliphatic rings. The van der Waals surface area contributed by atoms with Gasteiger partial charge >= 0.3 is 17.7 Å². The molecule has 0 unspecified atom stereocenters. The van der Waals surface area contributed by atoms with Crippen molar-refractivity contribution in [3.05, 3.63) is 39.2 Å². The molecule has 0 spiro atoms. The van der Waals surface area contributed by atoms with Crippen LogP contribution in [0.25, 0.3) is 0 Å². The molecule has 0 bridgehead atoms. The van der Waals surface area contributed by atoms with Gasteiger partial charge in [-0.25, -0.2) is 9.59 Å². The molecule has 9 nitrogen and oxygen atoms in total. The molecule has 1 atom stereocenters. The van der Waals surface area contributed by atoms with Crippen LogP contribution in [0.4, 0.5) is 14.9 Å². The van der Waals surface area contributed by atoms with Gasteiger partial charge in [-0.15, -0.1) is 12.6 Å². The van der Waals surface area contributed by atoms with E-state index in [1.807, 2.05) is 0 Å². The Bertz CT molecular complexity index is 777. The molecule has 0 aliphatic heterocycles. The zero-order valence-electron chi connectivity index (χ0n) is 15.1. The first-order valence-corrected chi connectivity index (χ1v) is 8.08. The third-order valence-corrected chi connectivity index (χ3v) is 3.51. The normalized spacial score (nSPS) is 12.1. The quantitative estimate of drug-likeness (QED) is 0.324. The van der Waals surface area contributed by atoms with E-state index in [1.54, 1.807) is 20.8 Å². The van der Waals surface area contributed by atoms with Crippen molar-refractivity contribution in [1.29, 1.82) is 0 Å². The van der Waals surface area contributed by atoms with Crippen molar-refractivity contribution in [2.75, 3.05) is 7.11 Å². The van der Waals surface area contributed by atoms with E-state index in [1.165, 1.54) is 0 Å². The Kier molecular flexibility index (Phi) is 7.28. The first-order valence-electron chi connectivity index (χ1n) is 7.63. The molecule has 1 amide bonds. The van der Waals surface area contributed by atoms with Gasteiger partial charge in [0, 0.05) is 12.0 Å². The Morgan fingerprint density at radius 1 is 1.33 bits per heavy atom. The number of nitrogens with zero attached hydrogens (tertiary/aromatic N) is 1. The Morgan fingerprint density at radius 2 is 1.93 bits per heavy atom. The number of hydrogen-bond donors (Lipinski definition) is 2. The lowest BCUT2D eigenvalue weighted by Crippen LogP contribution is -2.43. The van der Waals surface area contributed by atoms with E-state index in [0.29, 0.717) is 0 Å². The number of methoxy groups -OCH3 is 1. The van der Waals surface area contributed by atoms with Crippen LogP contribution in [-0.4, -0.2) is 40.9 Å². The number of nitrogens with one attached hydrogen (secondary N) is 1. The van der Waals surface area contributed by atoms with Crippen LogP contribution in [0.15, 0.2) is 12.1 Å². The number of ether oxygens (including phenoxy) is 2. The fourth-order valence-corrected chi connectivity index (χ4v) is 2.26. The average molecular weight is 402 g/mol. The molecular weight excluding hydrogens is 383 g/mol. The van der Waals surface area contributed by atoms with Crippen LogP contribution in [0, 0.1) is 15.9 Å². The third-order valence-electron chi connectivity index (χ3n) is 3.20. The lowest BCUT2D eigenvalue weighted by Gasteiger charge is -2.22. The van der Waals surface area contributed by atoms with E-state index < -0.39 is 57.2 Å². The summed E-state index contributed by atoms with van der Waals surface area (Å²) in [5.41, 5.74) is -2.67. The van der Waals surface area contributed by atoms with E-state index in [9.17, 15) is 28.9 Å². The van der Waals surface area contributed by atoms with E-state index in [4.69, 9.17) is 4.74 Å². The Labute approximate surface area is 159 Å². The van der Waals surface area contributed by atoms with Gasteiger partial charge in [-0.2, -0.15) is 4.39 Å². The number of benzene rings is 1. The average Bonchev–Trinajstić information content (AvgIpc) is 2.51. The topological polar surface area (TPSA) is 125 Å². The summed E-state index contributed by atoms with van der Waals surface area (Å²) in [6.07, 6.45) is -1.37. The maximum absolute atomic E-state index is 14.4. The SMILES string of the molecule is COC(=O)c1ccc(C[C@@H](NC(=O)OC(C)(C)C)C(=O)S)c([N+](=O)[O-])c1F.